The highest BCUT2D eigenvalue weighted by molar-refractivity contribution is 5.16. The molecule has 2 aromatic rings. The molecule has 0 saturated carbocycles. The van der Waals surface area contributed by atoms with Crippen molar-refractivity contribution < 1.29 is 0 Å². The zero-order valence-corrected chi connectivity index (χ0v) is 17.0. The average molecular weight is 381 g/mol. The van der Waals surface area contributed by atoms with Gasteiger partial charge >= 0.3 is 0 Å². The summed E-state index contributed by atoms with van der Waals surface area (Å²) in [7, 11) is 0. The van der Waals surface area contributed by atoms with Crippen LogP contribution in [0.3, 0.4) is 0 Å². The summed E-state index contributed by atoms with van der Waals surface area (Å²) in [6.07, 6.45) is 4.08. The summed E-state index contributed by atoms with van der Waals surface area (Å²) in [5.41, 5.74) is 15.4. The molecule has 2 unspecified atom stereocenters. The Labute approximate surface area is 170 Å². The number of nitrogens with two attached hydrogens (primary N) is 2. The lowest BCUT2D eigenvalue weighted by molar-refractivity contribution is 0.127. The maximum Gasteiger partial charge on any atom is 0.0110 e. The van der Waals surface area contributed by atoms with Gasteiger partial charge in [-0.1, -0.05) is 60.7 Å². The van der Waals surface area contributed by atoms with E-state index in [4.69, 9.17) is 11.5 Å². The molecule has 1 aliphatic heterocycles. The standard InChI is InChI=1S/C24H36N4/c25-23(19-21-7-3-1-4-8-21)11-13-27-15-17-28(18-16-27)14-12-24(26)20-22-9-5-2-6-10-22/h1-10,23-24H,11-20,25-26H2. The van der Waals surface area contributed by atoms with Crippen molar-refractivity contribution in [1.82, 2.24) is 9.80 Å². The lowest BCUT2D eigenvalue weighted by atomic mass is 10.0. The van der Waals surface area contributed by atoms with Crippen molar-refractivity contribution in [3.63, 3.8) is 0 Å². The minimum atomic E-state index is 0.247. The second-order valence-electron chi connectivity index (χ2n) is 8.16. The molecular formula is C24H36N4. The maximum absolute atomic E-state index is 6.34. The molecule has 1 aliphatic rings. The molecule has 152 valence electrons. The Hall–Kier alpha value is -1.72. The monoisotopic (exact) mass is 380 g/mol. The van der Waals surface area contributed by atoms with E-state index >= 15 is 0 Å². The summed E-state index contributed by atoms with van der Waals surface area (Å²) < 4.78 is 0. The predicted molar refractivity (Wildman–Crippen MR) is 118 cm³/mol. The maximum atomic E-state index is 6.34. The molecule has 2 aromatic carbocycles. The van der Waals surface area contributed by atoms with Gasteiger partial charge in [0.15, 0.2) is 0 Å². The molecule has 28 heavy (non-hydrogen) atoms. The first-order valence-electron chi connectivity index (χ1n) is 10.7. The molecule has 0 aliphatic carbocycles. The second kappa shape index (κ2) is 11.3. The third-order valence-electron chi connectivity index (χ3n) is 5.78. The summed E-state index contributed by atoms with van der Waals surface area (Å²) in [5, 5.41) is 0. The van der Waals surface area contributed by atoms with Crippen LogP contribution in [0.4, 0.5) is 0 Å². The molecule has 4 N–H and O–H groups in total. The van der Waals surface area contributed by atoms with Gasteiger partial charge in [0.05, 0.1) is 0 Å². The first kappa shape index (κ1) is 21.0. The van der Waals surface area contributed by atoms with Gasteiger partial charge in [-0.3, -0.25) is 0 Å². The summed E-state index contributed by atoms with van der Waals surface area (Å²) in [6.45, 7) is 6.79. The van der Waals surface area contributed by atoms with Crippen molar-refractivity contribution in [3.05, 3.63) is 71.8 Å². The van der Waals surface area contributed by atoms with E-state index in [2.05, 4.69) is 70.5 Å². The van der Waals surface area contributed by atoms with Crippen molar-refractivity contribution in [2.24, 2.45) is 11.5 Å². The summed E-state index contributed by atoms with van der Waals surface area (Å²) in [4.78, 5) is 5.12. The first-order valence-corrected chi connectivity index (χ1v) is 10.7. The Morgan fingerprint density at radius 3 is 1.32 bits per heavy atom. The molecule has 1 saturated heterocycles. The SMILES string of the molecule is NC(CCN1CCN(CCC(N)Cc2ccccc2)CC1)Cc1ccccc1. The molecule has 1 fully saturated rings. The number of benzene rings is 2. The Bertz CT molecular complexity index is 593. The Balaban J connectivity index is 1.28. The Morgan fingerprint density at radius 2 is 0.964 bits per heavy atom. The van der Waals surface area contributed by atoms with Crippen LogP contribution in [0.15, 0.2) is 60.7 Å². The van der Waals surface area contributed by atoms with E-state index < -0.39 is 0 Å². The molecule has 2 atom stereocenters. The van der Waals surface area contributed by atoms with Gasteiger partial charge in [0.1, 0.15) is 0 Å². The van der Waals surface area contributed by atoms with E-state index in [1.54, 1.807) is 0 Å². The van der Waals surface area contributed by atoms with Gasteiger partial charge in [-0.25, -0.2) is 0 Å². The van der Waals surface area contributed by atoms with Crippen LogP contribution in [0.1, 0.15) is 24.0 Å². The molecule has 4 nitrogen and oxygen atoms in total. The highest BCUT2D eigenvalue weighted by Gasteiger charge is 2.18. The number of nitrogens with zero attached hydrogens (tertiary/aromatic N) is 2. The minimum Gasteiger partial charge on any atom is -0.327 e. The van der Waals surface area contributed by atoms with E-state index in [-0.39, 0.29) is 12.1 Å². The van der Waals surface area contributed by atoms with Crippen molar-refractivity contribution in [2.75, 3.05) is 39.3 Å². The summed E-state index contributed by atoms with van der Waals surface area (Å²) in [5.74, 6) is 0. The highest BCUT2D eigenvalue weighted by Crippen LogP contribution is 2.09. The van der Waals surface area contributed by atoms with Gasteiger partial charge < -0.3 is 21.3 Å². The van der Waals surface area contributed by atoms with Crippen LogP contribution in [0.5, 0.6) is 0 Å². The summed E-state index contributed by atoms with van der Waals surface area (Å²) in [6, 6.07) is 21.6. The molecule has 1 heterocycles. The number of hydrogen-bond donors (Lipinski definition) is 2. The lowest BCUT2D eigenvalue weighted by Crippen LogP contribution is -2.48. The van der Waals surface area contributed by atoms with Crippen molar-refractivity contribution in [3.8, 4) is 0 Å². The zero-order chi connectivity index (χ0) is 19.6. The fraction of sp³-hybridized carbons (Fsp3) is 0.500. The van der Waals surface area contributed by atoms with E-state index in [9.17, 15) is 0 Å². The smallest absolute Gasteiger partial charge is 0.0110 e. The zero-order valence-electron chi connectivity index (χ0n) is 17.0. The molecule has 0 spiro atoms. The molecule has 4 heteroatoms. The van der Waals surface area contributed by atoms with Gasteiger partial charge in [0, 0.05) is 38.3 Å². The third-order valence-corrected chi connectivity index (χ3v) is 5.78. The van der Waals surface area contributed by atoms with Crippen molar-refractivity contribution in [1.29, 1.82) is 0 Å². The van der Waals surface area contributed by atoms with Crippen LogP contribution < -0.4 is 11.5 Å². The van der Waals surface area contributed by atoms with E-state index in [1.165, 1.54) is 11.1 Å². The molecule has 3 rings (SSSR count). The van der Waals surface area contributed by atoms with Gasteiger partial charge in [0.25, 0.3) is 0 Å². The van der Waals surface area contributed by atoms with E-state index in [0.29, 0.717) is 0 Å². The number of rotatable bonds is 10. The van der Waals surface area contributed by atoms with Crippen molar-refractivity contribution in [2.45, 2.75) is 37.8 Å². The van der Waals surface area contributed by atoms with E-state index in [1.807, 2.05) is 0 Å². The second-order valence-corrected chi connectivity index (χ2v) is 8.16. The Kier molecular flexibility index (Phi) is 8.49. The van der Waals surface area contributed by atoms with Crippen LogP contribution in [-0.2, 0) is 12.8 Å². The third kappa shape index (κ3) is 7.36. The van der Waals surface area contributed by atoms with Crippen LogP contribution in [-0.4, -0.2) is 61.2 Å². The fourth-order valence-corrected chi connectivity index (χ4v) is 3.97. The fourth-order valence-electron chi connectivity index (χ4n) is 3.97. The molecule has 0 radical (unpaired) electrons. The first-order chi connectivity index (χ1) is 13.7. The highest BCUT2D eigenvalue weighted by atomic mass is 15.3. The quantitative estimate of drug-likeness (QED) is 0.665. The number of hydrogen-bond acceptors (Lipinski definition) is 4. The van der Waals surface area contributed by atoms with E-state index in [0.717, 1.165) is 65.0 Å². The normalized spacial score (nSPS) is 18.1. The molecule has 0 bridgehead atoms. The topological polar surface area (TPSA) is 58.5 Å². The van der Waals surface area contributed by atoms with Gasteiger partial charge in [-0.2, -0.15) is 0 Å². The Morgan fingerprint density at radius 1 is 0.607 bits per heavy atom. The molecular weight excluding hydrogens is 344 g/mol. The molecule has 0 aromatic heterocycles. The van der Waals surface area contributed by atoms with Crippen LogP contribution in [0, 0.1) is 0 Å². The van der Waals surface area contributed by atoms with Crippen LogP contribution in [0.25, 0.3) is 0 Å². The summed E-state index contributed by atoms with van der Waals surface area (Å²) >= 11 is 0. The largest absolute Gasteiger partial charge is 0.327 e. The molecule has 0 amide bonds. The van der Waals surface area contributed by atoms with Gasteiger partial charge in [-0.15, -0.1) is 0 Å². The van der Waals surface area contributed by atoms with Crippen LogP contribution >= 0.6 is 0 Å². The average Bonchev–Trinajstić information content (AvgIpc) is 2.73. The van der Waals surface area contributed by atoms with Crippen LogP contribution in [0.2, 0.25) is 0 Å². The lowest BCUT2D eigenvalue weighted by Gasteiger charge is -2.35. The predicted octanol–water partition coefficient (Wildman–Crippen LogP) is 2.52. The van der Waals surface area contributed by atoms with Crippen molar-refractivity contribution >= 4 is 0 Å². The van der Waals surface area contributed by atoms with Gasteiger partial charge in [0.2, 0.25) is 0 Å². The minimum absolute atomic E-state index is 0.247. The number of piperazine rings is 1. The van der Waals surface area contributed by atoms with Gasteiger partial charge in [-0.05, 0) is 49.9 Å².